The zero-order valence-corrected chi connectivity index (χ0v) is 17.6. The van der Waals surface area contributed by atoms with Crippen molar-refractivity contribution in [2.45, 2.75) is 18.9 Å². The number of carbonyl (C=O) groups is 2. The Hall–Kier alpha value is -2.41. The summed E-state index contributed by atoms with van der Waals surface area (Å²) in [5.41, 5.74) is 2.16. The van der Waals surface area contributed by atoms with Gasteiger partial charge in [0.2, 0.25) is 5.91 Å². The molecule has 2 aromatic rings. The van der Waals surface area contributed by atoms with Gasteiger partial charge in [-0.05, 0) is 30.2 Å². The Morgan fingerprint density at radius 3 is 2.57 bits per heavy atom. The second kappa shape index (κ2) is 9.60. The monoisotopic (exact) mass is 427 g/mol. The van der Waals surface area contributed by atoms with Gasteiger partial charge in [0.15, 0.2) is 0 Å². The molecule has 2 amide bonds. The molecule has 2 saturated heterocycles. The highest BCUT2D eigenvalue weighted by atomic mass is 35.5. The average molecular weight is 428 g/mol. The second-order valence-electron chi connectivity index (χ2n) is 7.66. The molecular weight excluding hydrogens is 402 g/mol. The minimum Gasteiger partial charge on any atom is -0.379 e. The van der Waals surface area contributed by atoms with Gasteiger partial charge in [-0.3, -0.25) is 14.5 Å². The van der Waals surface area contributed by atoms with E-state index in [1.54, 1.807) is 23.1 Å². The number of ether oxygens (including phenoxy) is 1. The maximum atomic E-state index is 13.1. The number of hydrogen-bond acceptors (Lipinski definition) is 4. The van der Waals surface area contributed by atoms with Crippen molar-refractivity contribution < 1.29 is 14.3 Å². The Labute approximate surface area is 181 Å². The Morgan fingerprint density at radius 1 is 1.10 bits per heavy atom. The molecule has 2 aromatic carbocycles. The molecule has 2 fully saturated rings. The molecule has 0 saturated carbocycles. The highest BCUT2D eigenvalue weighted by molar-refractivity contribution is 6.34. The number of hydrogen-bond donors (Lipinski definition) is 1. The number of nitrogens with one attached hydrogen (secondary N) is 1. The van der Waals surface area contributed by atoms with Crippen molar-refractivity contribution in [2.24, 2.45) is 0 Å². The van der Waals surface area contributed by atoms with Crippen LogP contribution in [0.5, 0.6) is 0 Å². The summed E-state index contributed by atoms with van der Waals surface area (Å²) >= 11 is 6.33. The molecule has 7 heteroatoms. The molecule has 2 heterocycles. The number of carbonyl (C=O) groups excluding carboxylic acids is 2. The summed E-state index contributed by atoms with van der Waals surface area (Å²) in [5.74, 6) is -0.134. The summed E-state index contributed by atoms with van der Waals surface area (Å²) in [7, 11) is 0. The number of halogens is 1. The molecule has 1 unspecified atom stereocenters. The Morgan fingerprint density at radius 2 is 1.87 bits per heavy atom. The Balaban J connectivity index is 1.54. The van der Waals surface area contributed by atoms with Gasteiger partial charge in [0, 0.05) is 38.2 Å². The largest absolute Gasteiger partial charge is 0.379 e. The van der Waals surface area contributed by atoms with E-state index in [4.69, 9.17) is 16.3 Å². The molecule has 1 atom stereocenters. The maximum absolute atomic E-state index is 13.1. The fourth-order valence-electron chi connectivity index (χ4n) is 3.97. The van der Waals surface area contributed by atoms with Gasteiger partial charge in [0.1, 0.15) is 0 Å². The molecule has 0 bridgehead atoms. The van der Waals surface area contributed by atoms with Crippen molar-refractivity contribution in [3.8, 4) is 0 Å². The first-order chi connectivity index (χ1) is 14.6. The van der Waals surface area contributed by atoms with Crippen molar-refractivity contribution in [2.75, 3.05) is 44.3 Å². The second-order valence-corrected chi connectivity index (χ2v) is 8.07. The van der Waals surface area contributed by atoms with Gasteiger partial charge in [-0.1, -0.05) is 41.9 Å². The van der Waals surface area contributed by atoms with Crippen molar-refractivity contribution in [1.82, 2.24) is 10.2 Å². The molecule has 0 radical (unpaired) electrons. The predicted molar refractivity (Wildman–Crippen MR) is 117 cm³/mol. The van der Waals surface area contributed by atoms with Crippen molar-refractivity contribution in [3.05, 3.63) is 64.7 Å². The van der Waals surface area contributed by atoms with Gasteiger partial charge in [0.25, 0.3) is 5.91 Å². The lowest BCUT2D eigenvalue weighted by Gasteiger charge is -2.31. The Kier molecular flexibility index (Phi) is 6.67. The van der Waals surface area contributed by atoms with Gasteiger partial charge in [-0.25, -0.2) is 0 Å². The number of anilines is 1. The lowest BCUT2D eigenvalue weighted by molar-refractivity contribution is -0.117. The summed E-state index contributed by atoms with van der Waals surface area (Å²) in [4.78, 5) is 29.2. The summed E-state index contributed by atoms with van der Waals surface area (Å²) in [6.07, 6.45) is 1.32. The number of morpholine rings is 1. The van der Waals surface area contributed by atoms with E-state index >= 15 is 0 Å². The molecule has 0 aliphatic carbocycles. The van der Waals surface area contributed by atoms with E-state index in [1.165, 1.54) is 0 Å². The van der Waals surface area contributed by atoms with Gasteiger partial charge in [-0.2, -0.15) is 0 Å². The third-order valence-electron chi connectivity index (χ3n) is 5.62. The summed E-state index contributed by atoms with van der Waals surface area (Å²) in [5, 5.41) is 3.66. The molecule has 30 heavy (non-hydrogen) atoms. The number of benzene rings is 2. The normalized spacial score (nSPS) is 18.4. The van der Waals surface area contributed by atoms with Crippen LogP contribution in [0.2, 0.25) is 5.02 Å². The first-order valence-corrected chi connectivity index (χ1v) is 10.8. The minimum atomic E-state index is -0.179. The third-order valence-corrected chi connectivity index (χ3v) is 5.94. The van der Waals surface area contributed by atoms with Gasteiger partial charge in [-0.15, -0.1) is 0 Å². The smallest absolute Gasteiger partial charge is 0.251 e. The van der Waals surface area contributed by atoms with Gasteiger partial charge in [0.05, 0.1) is 30.0 Å². The maximum Gasteiger partial charge on any atom is 0.251 e. The first kappa shape index (κ1) is 20.8. The Bertz CT molecular complexity index is 900. The lowest BCUT2D eigenvalue weighted by atomic mass is 10.0. The lowest BCUT2D eigenvalue weighted by Crippen LogP contribution is -2.43. The molecular formula is C23H26ClN3O3. The SMILES string of the molecule is O=C(NC(CN1CCOCC1)c1ccccc1)c1ccc(Cl)c(N2CCCC2=O)c1. The van der Waals surface area contributed by atoms with E-state index in [2.05, 4.69) is 10.2 Å². The van der Waals surface area contributed by atoms with Crippen LogP contribution in [0, 0.1) is 0 Å². The van der Waals surface area contributed by atoms with Crippen LogP contribution < -0.4 is 10.2 Å². The quantitative estimate of drug-likeness (QED) is 0.768. The first-order valence-electron chi connectivity index (χ1n) is 10.4. The highest BCUT2D eigenvalue weighted by Gasteiger charge is 2.25. The molecule has 2 aliphatic heterocycles. The molecule has 1 N–H and O–H groups in total. The number of nitrogens with zero attached hydrogens (tertiary/aromatic N) is 2. The van der Waals surface area contributed by atoms with E-state index < -0.39 is 0 Å². The van der Waals surface area contributed by atoms with E-state index in [9.17, 15) is 9.59 Å². The van der Waals surface area contributed by atoms with Crippen molar-refractivity contribution in [3.63, 3.8) is 0 Å². The van der Waals surface area contributed by atoms with Crippen LogP contribution >= 0.6 is 11.6 Å². The number of amides is 2. The molecule has 0 aromatic heterocycles. The fourth-order valence-corrected chi connectivity index (χ4v) is 4.19. The minimum absolute atomic E-state index is 0.0453. The van der Waals surface area contributed by atoms with Crippen LogP contribution in [0.3, 0.4) is 0 Å². The van der Waals surface area contributed by atoms with Crippen LogP contribution in [0.25, 0.3) is 0 Å². The van der Waals surface area contributed by atoms with Crippen LogP contribution in [0.15, 0.2) is 48.5 Å². The fraction of sp³-hybridized carbons (Fsp3) is 0.391. The highest BCUT2D eigenvalue weighted by Crippen LogP contribution is 2.30. The summed E-state index contributed by atoms with van der Waals surface area (Å²) in [6, 6.07) is 15.0. The molecule has 6 nitrogen and oxygen atoms in total. The van der Waals surface area contributed by atoms with Gasteiger partial charge < -0.3 is 15.0 Å². The number of rotatable bonds is 6. The van der Waals surface area contributed by atoms with Crippen molar-refractivity contribution in [1.29, 1.82) is 0 Å². The predicted octanol–water partition coefficient (Wildman–Crippen LogP) is 3.27. The van der Waals surface area contributed by atoms with E-state index in [-0.39, 0.29) is 17.9 Å². The molecule has 0 spiro atoms. The van der Waals surface area contributed by atoms with Crippen LogP contribution in [-0.2, 0) is 9.53 Å². The standard InChI is InChI=1S/C23H26ClN3O3/c24-19-9-8-18(15-21(19)27-10-4-7-22(27)28)23(29)25-20(17-5-2-1-3-6-17)16-26-11-13-30-14-12-26/h1-3,5-6,8-9,15,20H,4,7,10-14,16H2,(H,25,29). The third kappa shape index (κ3) is 4.83. The van der Waals surface area contributed by atoms with E-state index in [0.717, 1.165) is 25.1 Å². The molecule has 4 rings (SSSR count). The van der Waals surface area contributed by atoms with Crippen LogP contribution in [-0.4, -0.2) is 56.1 Å². The molecule has 158 valence electrons. The summed E-state index contributed by atoms with van der Waals surface area (Å²) < 4.78 is 5.45. The van der Waals surface area contributed by atoms with E-state index in [1.807, 2.05) is 30.3 Å². The molecule has 2 aliphatic rings. The summed E-state index contributed by atoms with van der Waals surface area (Å²) in [6.45, 7) is 4.46. The average Bonchev–Trinajstić information content (AvgIpc) is 3.20. The zero-order chi connectivity index (χ0) is 20.9. The van der Waals surface area contributed by atoms with Gasteiger partial charge >= 0.3 is 0 Å². The zero-order valence-electron chi connectivity index (χ0n) is 16.9. The van der Waals surface area contributed by atoms with Crippen LogP contribution in [0.4, 0.5) is 5.69 Å². The topological polar surface area (TPSA) is 61.9 Å². The van der Waals surface area contributed by atoms with E-state index in [0.29, 0.717) is 49.0 Å². The van der Waals surface area contributed by atoms with Crippen LogP contribution in [0.1, 0.15) is 34.8 Å². The van der Waals surface area contributed by atoms with Crippen molar-refractivity contribution >= 4 is 29.1 Å².